The van der Waals surface area contributed by atoms with Crippen molar-refractivity contribution >= 4 is 17.3 Å². The SMILES string of the molecule is CCc1ccc(NC(=O)c2cc(N3CCCCCC3)ccn2)cc1. The Labute approximate surface area is 143 Å². The van der Waals surface area contributed by atoms with E-state index in [0.29, 0.717) is 5.69 Å². The number of benzene rings is 1. The lowest BCUT2D eigenvalue weighted by Gasteiger charge is -2.22. The van der Waals surface area contributed by atoms with Crippen LogP contribution in [0.3, 0.4) is 0 Å². The number of aryl methyl sites for hydroxylation is 1. The van der Waals surface area contributed by atoms with E-state index in [4.69, 9.17) is 0 Å². The minimum absolute atomic E-state index is 0.157. The molecular formula is C20H25N3O. The summed E-state index contributed by atoms with van der Waals surface area (Å²) in [6.07, 6.45) is 7.75. The molecule has 0 bridgehead atoms. The van der Waals surface area contributed by atoms with Crippen molar-refractivity contribution in [3.63, 3.8) is 0 Å². The van der Waals surface area contributed by atoms with Gasteiger partial charge in [-0.15, -0.1) is 0 Å². The van der Waals surface area contributed by atoms with E-state index in [1.165, 1.54) is 31.2 Å². The fraction of sp³-hybridized carbons (Fsp3) is 0.400. The molecule has 4 heteroatoms. The monoisotopic (exact) mass is 323 g/mol. The van der Waals surface area contributed by atoms with Gasteiger partial charge in [0, 0.05) is 30.7 Å². The molecule has 2 heterocycles. The fourth-order valence-corrected chi connectivity index (χ4v) is 3.09. The molecule has 4 nitrogen and oxygen atoms in total. The van der Waals surface area contributed by atoms with Crippen LogP contribution in [0, 0.1) is 0 Å². The Balaban J connectivity index is 1.71. The highest BCUT2D eigenvalue weighted by molar-refractivity contribution is 6.03. The van der Waals surface area contributed by atoms with Crippen LogP contribution in [-0.4, -0.2) is 24.0 Å². The number of hydrogen-bond acceptors (Lipinski definition) is 3. The van der Waals surface area contributed by atoms with Crippen molar-refractivity contribution in [3.05, 3.63) is 53.9 Å². The highest BCUT2D eigenvalue weighted by atomic mass is 16.1. The number of carbonyl (C=O) groups is 1. The van der Waals surface area contributed by atoms with Crippen LogP contribution in [0.1, 0.15) is 48.7 Å². The Morgan fingerprint density at radius 1 is 1.08 bits per heavy atom. The highest BCUT2D eigenvalue weighted by Crippen LogP contribution is 2.20. The second-order valence-corrected chi connectivity index (χ2v) is 6.31. The zero-order chi connectivity index (χ0) is 16.8. The Hall–Kier alpha value is -2.36. The van der Waals surface area contributed by atoms with E-state index in [1.807, 2.05) is 36.4 Å². The van der Waals surface area contributed by atoms with E-state index in [-0.39, 0.29) is 5.91 Å². The van der Waals surface area contributed by atoms with Gasteiger partial charge in [0.15, 0.2) is 0 Å². The number of pyridine rings is 1. The normalized spacial score (nSPS) is 15.0. The van der Waals surface area contributed by atoms with Crippen molar-refractivity contribution < 1.29 is 4.79 Å². The maximum atomic E-state index is 12.5. The first-order chi connectivity index (χ1) is 11.8. The summed E-state index contributed by atoms with van der Waals surface area (Å²) < 4.78 is 0. The van der Waals surface area contributed by atoms with Gasteiger partial charge >= 0.3 is 0 Å². The Morgan fingerprint density at radius 2 is 1.79 bits per heavy atom. The molecule has 1 saturated heterocycles. The Kier molecular flexibility index (Phi) is 5.47. The summed E-state index contributed by atoms with van der Waals surface area (Å²) in [5.41, 5.74) is 3.63. The zero-order valence-corrected chi connectivity index (χ0v) is 14.3. The number of nitrogens with zero attached hydrogens (tertiary/aromatic N) is 2. The molecule has 1 aromatic heterocycles. The zero-order valence-electron chi connectivity index (χ0n) is 14.3. The number of nitrogens with one attached hydrogen (secondary N) is 1. The summed E-state index contributed by atoms with van der Waals surface area (Å²) in [5.74, 6) is -0.157. The van der Waals surface area contributed by atoms with Crippen molar-refractivity contribution in [1.29, 1.82) is 0 Å². The second kappa shape index (κ2) is 7.95. The first-order valence-electron chi connectivity index (χ1n) is 8.87. The summed E-state index contributed by atoms with van der Waals surface area (Å²) in [6, 6.07) is 11.9. The van der Waals surface area contributed by atoms with Gasteiger partial charge in [0.25, 0.3) is 5.91 Å². The molecule has 2 aromatic rings. The van der Waals surface area contributed by atoms with Gasteiger partial charge in [0.2, 0.25) is 0 Å². The topological polar surface area (TPSA) is 45.2 Å². The van der Waals surface area contributed by atoms with Crippen LogP contribution in [0.15, 0.2) is 42.6 Å². The molecule has 1 aliphatic heterocycles. The number of amides is 1. The van der Waals surface area contributed by atoms with Gasteiger partial charge in [-0.1, -0.05) is 31.9 Å². The van der Waals surface area contributed by atoms with Gasteiger partial charge in [-0.3, -0.25) is 9.78 Å². The first kappa shape index (κ1) is 16.5. The Morgan fingerprint density at radius 3 is 2.46 bits per heavy atom. The van der Waals surface area contributed by atoms with Gasteiger partial charge in [0.05, 0.1) is 0 Å². The lowest BCUT2D eigenvalue weighted by Crippen LogP contribution is -2.24. The molecule has 0 spiro atoms. The average Bonchev–Trinajstić information content (AvgIpc) is 2.92. The number of carbonyl (C=O) groups excluding carboxylic acids is 1. The molecule has 3 rings (SSSR count). The quantitative estimate of drug-likeness (QED) is 0.913. The van der Waals surface area contributed by atoms with Crippen LogP contribution in [0.5, 0.6) is 0 Å². The number of hydrogen-bond donors (Lipinski definition) is 1. The van der Waals surface area contributed by atoms with E-state index in [1.54, 1.807) is 6.20 Å². The van der Waals surface area contributed by atoms with Crippen molar-refractivity contribution in [2.24, 2.45) is 0 Å². The van der Waals surface area contributed by atoms with E-state index in [2.05, 4.69) is 22.1 Å². The molecule has 24 heavy (non-hydrogen) atoms. The molecule has 0 unspecified atom stereocenters. The number of rotatable bonds is 4. The lowest BCUT2D eigenvalue weighted by atomic mass is 10.1. The van der Waals surface area contributed by atoms with Crippen LogP contribution in [0.25, 0.3) is 0 Å². The van der Waals surface area contributed by atoms with Gasteiger partial charge in [-0.2, -0.15) is 0 Å². The molecule has 1 fully saturated rings. The van der Waals surface area contributed by atoms with Crippen LogP contribution >= 0.6 is 0 Å². The molecule has 0 aliphatic carbocycles. The highest BCUT2D eigenvalue weighted by Gasteiger charge is 2.13. The van der Waals surface area contributed by atoms with E-state index >= 15 is 0 Å². The summed E-state index contributed by atoms with van der Waals surface area (Å²) in [7, 11) is 0. The van der Waals surface area contributed by atoms with Gasteiger partial charge in [-0.05, 0) is 49.1 Å². The van der Waals surface area contributed by atoms with Crippen molar-refractivity contribution in [2.75, 3.05) is 23.3 Å². The van der Waals surface area contributed by atoms with Crippen LogP contribution in [0.2, 0.25) is 0 Å². The first-order valence-corrected chi connectivity index (χ1v) is 8.87. The molecule has 0 saturated carbocycles. The smallest absolute Gasteiger partial charge is 0.274 e. The van der Waals surface area contributed by atoms with Crippen molar-refractivity contribution in [2.45, 2.75) is 39.0 Å². The largest absolute Gasteiger partial charge is 0.371 e. The van der Waals surface area contributed by atoms with Crippen molar-refractivity contribution in [1.82, 2.24) is 4.98 Å². The Bertz CT molecular complexity index is 674. The predicted molar refractivity (Wildman–Crippen MR) is 98.7 cm³/mol. The molecule has 0 radical (unpaired) electrons. The summed E-state index contributed by atoms with van der Waals surface area (Å²) in [5, 5.41) is 2.93. The molecular weight excluding hydrogens is 298 g/mol. The predicted octanol–water partition coefficient (Wildman–Crippen LogP) is 4.28. The van der Waals surface area contributed by atoms with Crippen LogP contribution in [0.4, 0.5) is 11.4 Å². The summed E-state index contributed by atoms with van der Waals surface area (Å²) in [6.45, 7) is 4.24. The minimum atomic E-state index is -0.157. The number of anilines is 2. The molecule has 1 aliphatic rings. The van der Waals surface area contributed by atoms with Gasteiger partial charge in [0.1, 0.15) is 5.69 Å². The van der Waals surface area contributed by atoms with E-state index in [0.717, 1.165) is 30.9 Å². The lowest BCUT2D eigenvalue weighted by molar-refractivity contribution is 0.102. The van der Waals surface area contributed by atoms with E-state index < -0.39 is 0 Å². The third kappa shape index (κ3) is 4.13. The maximum Gasteiger partial charge on any atom is 0.274 e. The van der Waals surface area contributed by atoms with Crippen LogP contribution < -0.4 is 10.2 Å². The fourth-order valence-electron chi connectivity index (χ4n) is 3.09. The molecule has 0 atom stereocenters. The molecule has 1 amide bonds. The van der Waals surface area contributed by atoms with E-state index in [9.17, 15) is 4.79 Å². The number of aromatic nitrogens is 1. The molecule has 1 N–H and O–H groups in total. The third-order valence-corrected chi connectivity index (χ3v) is 4.57. The third-order valence-electron chi connectivity index (χ3n) is 4.57. The molecule has 126 valence electrons. The second-order valence-electron chi connectivity index (χ2n) is 6.31. The minimum Gasteiger partial charge on any atom is -0.371 e. The summed E-state index contributed by atoms with van der Waals surface area (Å²) in [4.78, 5) is 19.1. The van der Waals surface area contributed by atoms with Gasteiger partial charge < -0.3 is 10.2 Å². The maximum absolute atomic E-state index is 12.5. The van der Waals surface area contributed by atoms with Crippen molar-refractivity contribution in [3.8, 4) is 0 Å². The van der Waals surface area contributed by atoms with Crippen LogP contribution in [-0.2, 0) is 6.42 Å². The average molecular weight is 323 g/mol. The molecule has 1 aromatic carbocycles. The van der Waals surface area contributed by atoms with Gasteiger partial charge in [-0.25, -0.2) is 0 Å². The standard InChI is InChI=1S/C20H25N3O/c1-2-16-7-9-17(10-8-16)22-20(24)19-15-18(11-12-21-19)23-13-5-3-4-6-14-23/h7-12,15H,2-6,13-14H2,1H3,(H,22,24). The summed E-state index contributed by atoms with van der Waals surface area (Å²) >= 11 is 0.